The summed E-state index contributed by atoms with van der Waals surface area (Å²) < 4.78 is 6.44. The Balaban J connectivity index is 2.01. The second-order valence-corrected chi connectivity index (χ2v) is 7.22. The number of pyridine rings is 1. The summed E-state index contributed by atoms with van der Waals surface area (Å²) in [4.78, 5) is 20.5. The predicted octanol–water partition coefficient (Wildman–Crippen LogP) is 3.29. The Kier molecular flexibility index (Phi) is 4.76. The molecule has 6 heteroatoms. The molecule has 0 saturated carbocycles. The highest BCUT2D eigenvalue weighted by atomic mass is 79.9. The number of nitrogens with zero attached hydrogens (tertiary/aromatic N) is 3. The number of aromatic nitrogens is 1. The number of hydrogen-bond acceptors (Lipinski definition) is 4. The molecule has 0 N–H and O–H groups in total. The molecule has 0 bridgehead atoms. The van der Waals surface area contributed by atoms with E-state index in [1.54, 1.807) is 11.1 Å². The summed E-state index contributed by atoms with van der Waals surface area (Å²) >= 11 is 3.47. The van der Waals surface area contributed by atoms with E-state index in [0.29, 0.717) is 13.1 Å². The second-order valence-electron chi connectivity index (χ2n) is 6.30. The lowest BCUT2D eigenvalue weighted by molar-refractivity contribution is 0.0218. The summed E-state index contributed by atoms with van der Waals surface area (Å²) in [5.74, 6) is 0.931. The molecule has 1 aromatic rings. The summed E-state index contributed by atoms with van der Waals surface area (Å²) in [5, 5.41) is 0. The SMILES string of the molecule is C[C@H]1CN(C(=O)OC(C)(C)C)CCN1c1cc(Br)ccn1. The van der Waals surface area contributed by atoms with Crippen LogP contribution in [0.1, 0.15) is 27.7 Å². The summed E-state index contributed by atoms with van der Waals surface area (Å²) in [6.45, 7) is 9.79. The van der Waals surface area contributed by atoms with Gasteiger partial charge in [0, 0.05) is 36.3 Å². The molecular weight excluding hydrogens is 334 g/mol. The zero-order chi connectivity index (χ0) is 15.6. The first-order valence-electron chi connectivity index (χ1n) is 7.12. The summed E-state index contributed by atoms with van der Waals surface area (Å²) in [7, 11) is 0. The molecule has 0 aromatic carbocycles. The molecule has 0 spiro atoms. The molecule has 1 aromatic heterocycles. The van der Waals surface area contributed by atoms with Gasteiger partial charge in [0.2, 0.25) is 0 Å². The Morgan fingerprint density at radius 3 is 2.71 bits per heavy atom. The number of rotatable bonds is 1. The van der Waals surface area contributed by atoms with E-state index < -0.39 is 5.60 Å². The third-order valence-corrected chi connectivity index (χ3v) is 3.77. The number of halogens is 1. The van der Waals surface area contributed by atoms with E-state index in [-0.39, 0.29) is 12.1 Å². The smallest absolute Gasteiger partial charge is 0.410 e. The molecule has 0 radical (unpaired) electrons. The van der Waals surface area contributed by atoms with Crippen molar-refractivity contribution in [3.63, 3.8) is 0 Å². The van der Waals surface area contributed by atoms with Crippen molar-refractivity contribution in [2.45, 2.75) is 39.3 Å². The fraction of sp³-hybridized carbons (Fsp3) is 0.600. The average Bonchev–Trinajstić information content (AvgIpc) is 2.36. The van der Waals surface area contributed by atoms with Gasteiger partial charge in [-0.2, -0.15) is 0 Å². The topological polar surface area (TPSA) is 45.7 Å². The van der Waals surface area contributed by atoms with Gasteiger partial charge in [0.1, 0.15) is 11.4 Å². The summed E-state index contributed by atoms with van der Waals surface area (Å²) in [5.41, 5.74) is -0.455. The van der Waals surface area contributed by atoms with Crippen molar-refractivity contribution in [2.75, 3.05) is 24.5 Å². The first kappa shape index (κ1) is 16.1. The molecule has 1 aliphatic rings. The molecule has 5 nitrogen and oxygen atoms in total. The minimum absolute atomic E-state index is 0.202. The molecule has 1 saturated heterocycles. The average molecular weight is 356 g/mol. The third kappa shape index (κ3) is 4.33. The Hall–Kier alpha value is -1.30. The van der Waals surface area contributed by atoms with Gasteiger partial charge >= 0.3 is 6.09 Å². The van der Waals surface area contributed by atoms with Gasteiger partial charge in [0.15, 0.2) is 0 Å². The number of anilines is 1. The van der Waals surface area contributed by atoms with Crippen molar-refractivity contribution in [1.82, 2.24) is 9.88 Å². The van der Waals surface area contributed by atoms with Crippen LogP contribution in [0.15, 0.2) is 22.8 Å². The molecule has 1 atom stereocenters. The van der Waals surface area contributed by atoms with Crippen molar-refractivity contribution in [2.24, 2.45) is 0 Å². The quantitative estimate of drug-likeness (QED) is 0.775. The normalized spacial score (nSPS) is 19.6. The second kappa shape index (κ2) is 6.22. The van der Waals surface area contributed by atoms with E-state index >= 15 is 0 Å². The number of piperazine rings is 1. The Morgan fingerprint density at radius 1 is 1.43 bits per heavy atom. The van der Waals surface area contributed by atoms with Crippen LogP contribution in [0.4, 0.5) is 10.6 Å². The van der Waals surface area contributed by atoms with E-state index in [2.05, 4.69) is 32.7 Å². The zero-order valence-corrected chi connectivity index (χ0v) is 14.6. The summed E-state index contributed by atoms with van der Waals surface area (Å²) in [6.07, 6.45) is 1.54. The number of ether oxygens (including phenoxy) is 1. The molecule has 1 amide bonds. The molecule has 21 heavy (non-hydrogen) atoms. The van der Waals surface area contributed by atoms with Crippen LogP contribution in [0.5, 0.6) is 0 Å². The number of carbonyl (C=O) groups is 1. The Bertz CT molecular complexity index is 516. The molecular formula is C15H22BrN3O2. The van der Waals surface area contributed by atoms with Crippen LogP contribution in [0.2, 0.25) is 0 Å². The minimum atomic E-state index is -0.455. The first-order valence-corrected chi connectivity index (χ1v) is 7.92. The Labute approximate surface area is 134 Å². The maximum atomic E-state index is 12.1. The maximum Gasteiger partial charge on any atom is 0.410 e. The molecule has 1 fully saturated rings. The molecule has 2 heterocycles. The van der Waals surface area contributed by atoms with Crippen LogP contribution in [0.3, 0.4) is 0 Å². The van der Waals surface area contributed by atoms with Crippen molar-refractivity contribution < 1.29 is 9.53 Å². The third-order valence-electron chi connectivity index (χ3n) is 3.28. The van der Waals surface area contributed by atoms with Crippen LogP contribution in [-0.2, 0) is 4.74 Å². The van der Waals surface area contributed by atoms with Crippen LogP contribution in [-0.4, -0.2) is 47.3 Å². The van der Waals surface area contributed by atoms with Crippen LogP contribution in [0.25, 0.3) is 0 Å². The molecule has 0 aliphatic carbocycles. The van der Waals surface area contributed by atoms with Gasteiger partial charge in [0.05, 0.1) is 0 Å². The fourth-order valence-electron chi connectivity index (χ4n) is 2.34. The minimum Gasteiger partial charge on any atom is -0.444 e. The molecule has 2 rings (SSSR count). The van der Waals surface area contributed by atoms with Gasteiger partial charge in [-0.15, -0.1) is 0 Å². The van der Waals surface area contributed by atoms with Crippen molar-refractivity contribution in [3.05, 3.63) is 22.8 Å². The van der Waals surface area contributed by atoms with Crippen LogP contribution < -0.4 is 4.90 Å². The Morgan fingerprint density at radius 2 is 2.14 bits per heavy atom. The monoisotopic (exact) mass is 355 g/mol. The van der Waals surface area contributed by atoms with Crippen molar-refractivity contribution in [3.8, 4) is 0 Å². The molecule has 116 valence electrons. The lowest BCUT2D eigenvalue weighted by Crippen LogP contribution is -2.54. The highest BCUT2D eigenvalue weighted by molar-refractivity contribution is 9.10. The lowest BCUT2D eigenvalue weighted by Gasteiger charge is -2.40. The van der Waals surface area contributed by atoms with E-state index in [1.165, 1.54) is 0 Å². The van der Waals surface area contributed by atoms with E-state index in [9.17, 15) is 4.79 Å². The standard InChI is InChI=1S/C15H22BrN3O2/c1-11-10-18(14(20)21-15(2,3)4)7-8-19(11)13-9-12(16)5-6-17-13/h5-6,9,11H,7-8,10H2,1-4H3/t11-/m0/s1. The number of amides is 1. The van der Waals surface area contributed by atoms with Crippen LogP contribution >= 0.6 is 15.9 Å². The van der Waals surface area contributed by atoms with Gasteiger partial charge in [-0.1, -0.05) is 15.9 Å². The fourth-order valence-corrected chi connectivity index (χ4v) is 2.66. The predicted molar refractivity (Wildman–Crippen MR) is 86.6 cm³/mol. The molecule has 0 unspecified atom stereocenters. The van der Waals surface area contributed by atoms with Gasteiger partial charge in [-0.05, 0) is 39.8 Å². The van der Waals surface area contributed by atoms with E-state index in [0.717, 1.165) is 16.8 Å². The van der Waals surface area contributed by atoms with Gasteiger partial charge in [-0.25, -0.2) is 9.78 Å². The maximum absolute atomic E-state index is 12.1. The molecule has 1 aliphatic heterocycles. The van der Waals surface area contributed by atoms with Gasteiger partial charge < -0.3 is 14.5 Å². The largest absolute Gasteiger partial charge is 0.444 e. The number of carbonyl (C=O) groups excluding carboxylic acids is 1. The first-order chi connectivity index (χ1) is 9.76. The van der Waals surface area contributed by atoms with Crippen molar-refractivity contribution in [1.29, 1.82) is 0 Å². The van der Waals surface area contributed by atoms with E-state index in [4.69, 9.17) is 4.74 Å². The van der Waals surface area contributed by atoms with Gasteiger partial charge in [0.25, 0.3) is 0 Å². The van der Waals surface area contributed by atoms with Crippen molar-refractivity contribution >= 4 is 27.8 Å². The zero-order valence-electron chi connectivity index (χ0n) is 13.0. The van der Waals surface area contributed by atoms with E-state index in [1.807, 2.05) is 32.9 Å². The highest BCUT2D eigenvalue weighted by Crippen LogP contribution is 2.22. The van der Waals surface area contributed by atoms with Crippen LogP contribution in [0, 0.1) is 0 Å². The number of hydrogen-bond donors (Lipinski definition) is 0. The van der Waals surface area contributed by atoms with Gasteiger partial charge in [-0.3, -0.25) is 0 Å². The summed E-state index contributed by atoms with van der Waals surface area (Å²) in [6, 6.07) is 4.11. The lowest BCUT2D eigenvalue weighted by atomic mass is 10.2. The highest BCUT2D eigenvalue weighted by Gasteiger charge is 2.30.